The van der Waals surface area contributed by atoms with E-state index in [2.05, 4.69) is 0 Å². The van der Waals surface area contributed by atoms with Gasteiger partial charge < -0.3 is 37.6 Å². The minimum absolute atomic E-state index is 0.0190. The third-order valence-corrected chi connectivity index (χ3v) is 4.91. The second-order valence-electron chi connectivity index (χ2n) is 7.39. The quantitative estimate of drug-likeness (QED) is 0.320. The maximum Gasteiger partial charge on any atom is 0.308 e. The van der Waals surface area contributed by atoms with E-state index < -0.39 is 23.3 Å². The van der Waals surface area contributed by atoms with Gasteiger partial charge in [0.1, 0.15) is 16.7 Å². The van der Waals surface area contributed by atoms with Gasteiger partial charge in [-0.1, -0.05) is 0 Å². The Hall–Kier alpha value is -4.74. The summed E-state index contributed by atoms with van der Waals surface area (Å²) in [6, 6.07) is 3.93. The van der Waals surface area contributed by atoms with Crippen molar-refractivity contribution >= 4 is 28.9 Å². The summed E-state index contributed by atoms with van der Waals surface area (Å²) in [6.07, 6.45) is 0. The van der Waals surface area contributed by atoms with Crippen molar-refractivity contribution in [2.75, 3.05) is 28.4 Å². The molecule has 0 spiro atoms. The summed E-state index contributed by atoms with van der Waals surface area (Å²) >= 11 is 0. The monoisotopic (exact) mass is 516 g/mol. The average Bonchev–Trinajstić information content (AvgIpc) is 2.82. The zero-order valence-corrected chi connectivity index (χ0v) is 21.1. The number of methoxy groups -OCH3 is 4. The zero-order valence-electron chi connectivity index (χ0n) is 21.1. The fourth-order valence-electron chi connectivity index (χ4n) is 3.56. The Balaban J connectivity index is 2.50. The molecule has 0 saturated carbocycles. The molecule has 0 N–H and O–H groups in total. The smallest absolute Gasteiger partial charge is 0.308 e. The predicted molar refractivity (Wildman–Crippen MR) is 128 cm³/mol. The lowest BCUT2D eigenvalue weighted by Crippen LogP contribution is -2.13. The Kier molecular flexibility index (Phi) is 7.91. The molecule has 0 unspecified atom stereocenters. The first-order valence-corrected chi connectivity index (χ1v) is 10.6. The number of ether oxygens (including phenoxy) is 7. The van der Waals surface area contributed by atoms with Crippen LogP contribution in [0.5, 0.6) is 40.2 Å². The summed E-state index contributed by atoms with van der Waals surface area (Å²) in [5, 5.41) is -0.170. The summed E-state index contributed by atoms with van der Waals surface area (Å²) < 4.78 is 43.1. The molecule has 12 nitrogen and oxygen atoms in total. The number of carbonyl (C=O) groups excluding carboxylic acids is 3. The molecular formula is C25H24O12. The molecule has 12 heteroatoms. The first-order valence-electron chi connectivity index (χ1n) is 10.6. The molecular weight excluding hydrogens is 492 g/mol. The third kappa shape index (κ3) is 5.27. The molecule has 3 rings (SSSR count). The van der Waals surface area contributed by atoms with E-state index in [1.165, 1.54) is 60.5 Å². The van der Waals surface area contributed by atoms with E-state index in [1.807, 2.05) is 0 Å². The highest BCUT2D eigenvalue weighted by atomic mass is 16.6. The minimum atomic E-state index is -0.741. The lowest BCUT2D eigenvalue weighted by atomic mass is 10.1. The minimum Gasteiger partial charge on any atom is -0.493 e. The van der Waals surface area contributed by atoms with Crippen LogP contribution in [0, 0.1) is 0 Å². The molecule has 3 aromatic rings. The van der Waals surface area contributed by atoms with E-state index in [0.717, 1.165) is 6.92 Å². The van der Waals surface area contributed by atoms with Crippen LogP contribution < -0.4 is 38.6 Å². The van der Waals surface area contributed by atoms with Crippen LogP contribution >= 0.6 is 0 Å². The molecule has 0 aliphatic rings. The van der Waals surface area contributed by atoms with Gasteiger partial charge in [-0.3, -0.25) is 19.2 Å². The Morgan fingerprint density at radius 2 is 1.19 bits per heavy atom. The van der Waals surface area contributed by atoms with Gasteiger partial charge in [-0.15, -0.1) is 0 Å². The predicted octanol–water partition coefficient (Wildman–Crippen LogP) is 3.27. The van der Waals surface area contributed by atoms with Gasteiger partial charge in [0.2, 0.25) is 16.9 Å². The van der Waals surface area contributed by atoms with Crippen molar-refractivity contribution in [1.82, 2.24) is 0 Å². The average molecular weight is 516 g/mol. The Morgan fingerprint density at radius 3 is 1.70 bits per heavy atom. The molecule has 0 aliphatic heterocycles. The van der Waals surface area contributed by atoms with E-state index in [1.54, 1.807) is 0 Å². The first kappa shape index (κ1) is 26.9. The van der Waals surface area contributed by atoms with Gasteiger partial charge in [-0.2, -0.15) is 0 Å². The molecule has 1 aromatic heterocycles. The standard InChI is InChI=1S/C25H24O12/c1-11(26)34-15-9-16(30-4)17(35-12(2)27)8-14(15)22-25(33-7)21(29)20-18(37-22)10-19(31-5)23(32-6)24(20)36-13(3)28/h8-10H,1-7H3. The molecule has 0 saturated heterocycles. The van der Waals surface area contributed by atoms with Crippen LogP contribution in [0.25, 0.3) is 22.3 Å². The van der Waals surface area contributed by atoms with E-state index in [-0.39, 0.29) is 62.5 Å². The molecule has 0 amide bonds. The molecule has 0 atom stereocenters. The van der Waals surface area contributed by atoms with Crippen molar-refractivity contribution in [2.24, 2.45) is 0 Å². The summed E-state index contributed by atoms with van der Waals surface area (Å²) in [5.74, 6) is -2.80. The Morgan fingerprint density at radius 1 is 0.622 bits per heavy atom. The molecule has 196 valence electrons. The normalized spacial score (nSPS) is 10.5. The van der Waals surface area contributed by atoms with E-state index >= 15 is 0 Å². The number of rotatable bonds is 8. The van der Waals surface area contributed by atoms with E-state index in [4.69, 9.17) is 37.6 Å². The van der Waals surface area contributed by atoms with Gasteiger partial charge in [0.15, 0.2) is 28.8 Å². The van der Waals surface area contributed by atoms with Gasteiger partial charge in [0, 0.05) is 32.9 Å². The maximum atomic E-state index is 13.7. The van der Waals surface area contributed by atoms with E-state index in [0.29, 0.717) is 0 Å². The molecule has 1 heterocycles. The fourth-order valence-corrected chi connectivity index (χ4v) is 3.56. The van der Waals surface area contributed by atoms with Crippen LogP contribution in [-0.4, -0.2) is 46.3 Å². The topological polar surface area (TPSA) is 146 Å². The number of benzene rings is 2. The largest absolute Gasteiger partial charge is 0.493 e. The number of fused-ring (bicyclic) bond motifs is 1. The van der Waals surface area contributed by atoms with Gasteiger partial charge in [0.05, 0.1) is 34.0 Å². The zero-order chi connectivity index (χ0) is 27.4. The summed E-state index contributed by atoms with van der Waals surface area (Å²) in [4.78, 5) is 49.0. The van der Waals surface area contributed by atoms with Crippen molar-refractivity contribution in [3.05, 3.63) is 28.4 Å². The van der Waals surface area contributed by atoms with Gasteiger partial charge >= 0.3 is 17.9 Å². The summed E-state index contributed by atoms with van der Waals surface area (Å²) in [5.41, 5.74) is -0.796. The van der Waals surface area contributed by atoms with Crippen LogP contribution in [0.15, 0.2) is 27.4 Å². The molecule has 37 heavy (non-hydrogen) atoms. The SMILES string of the molecule is COc1cc(OC(C)=O)c(-c2oc3cc(OC)c(OC)c(OC(C)=O)c3c(=O)c2OC)cc1OC(C)=O. The van der Waals surface area contributed by atoms with Crippen molar-refractivity contribution < 1.29 is 52.0 Å². The van der Waals surface area contributed by atoms with Crippen molar-refractivity contribution in [2.45, 2.75) is 20.8 Å². The van der Waals surface area contributed by atoms with Crippen molar-refractivity contribution in [3.63, 3.8) is 0 Å². The molecule has 0 radical (unpaired) electrons. The van der Waals surface area contributed by atoms with Crippen LogP contribution in [0.3, 0.4) is 0 Å². The summed E-state index contributed by atoms with van der Waals surface area (Å²) in [7, 11) is 5.20. The van der Waals surface area contributed by atoms with E-state index in [9.17, 15) is 19.2 Å². The lowest BCUT2D eigenvalue weighted by molar-refractivity contribution is -0.133. The highest BCUT2D eigenvalue weighted by molar-refractivity contribution is 5.94. The third-order valence-electron chi connectivity index (χ3n) is 4.91. The Labute approximate surface area is 210 Å². The molecule has 0 aliphatic carbocycles. The second-order valence-corrected chi connectivity index (χ2v) is 7.39. The highest BCUT2D eigenvalue weighted by Gasteiger charge is 2.29. The van der Waals surface area contributed by atoms with Gasteiger partial charge in [-0.25, -0.2) is 0 Å². The number of esters is 3. The highest BCUT2D eigenvalue weighted by Crippen LogP contribution is 2.47. The number of hydrogen-bond donors (Lipinski definition) is 0. The van der Waals surface area contributed by atoms with Crippen LogP contribution in [0.2, 0.25) is 0 Å². The second kappa shape index (κ2) is 10.9. The number of hydrogen-bond acceptors (Lipinski definition) is 12. The van der Waals surface area contributed by atoms with Gasteiger partial charge in [0.25, 0.3) is 0 Å². The van der Waals surface area contributed by atoms with Gasteiger partial charge in [-0.05, 0) is 6.07 Å². The fraction of sp³-hybridized carbons (Fsp3) is 0.280. The lowest BCUT2D eigenvalue weighted by Gasteiger charge is -2.18. The van der Waals surface area contributed by atoms with Crippen LogP contribution in [0.1, 0.15) is 20.8 Å². The molecule has 0 bridgehead atoms. The van der Waals surface area contributed by atoms with Crippen molar-refractivity contribution in [1.29, 1.82) is 0 Å². The number of carbonyl (C=O) groups is 3. The molecule has 0 fully saturated rings. The maximum absolute atomic E-state index is 13.7. The molecule has 2 aromatic carbocycles. The van der Waals surface area contributed by atoms with Crippen LogP contribution in [0.4, 0.5) is 0 Å². The summed E-state index contributed by atoms with van der Waals surface area (Å²) in [6.45, 7) is 3.51. The first-order chi connectivity index (χ1) is 17.6. The Bertz CT molecular complexity index is 1450. The van der Waals surface area contributed by atoms with Crippen LogP contribution in [-0.2, 0) is 14.4 Å². The van der Waals surface area contributed by atoms with Crippen molar-refractivity contribution in [3.8, 4) is 51.6 Å².